The standard InChI is InChI=1S/C27H34/c1-3-5-7-9-11-13-15-17-19-21-23-25-27-26-24-22-20-18-16-14-12-10-8-6-4-2/h5-13,15-27H,3-4,14H2,1-2H3. The van der Waals surface area contributed by atoms with Gasteiger partial charge in [0, 0.05) is 0 Å². The van der Waals surface area contributed by atoms with E-state index in [1.807, 2.05) is 85.1 Å². The quantitative estimate of drug-likeness (QED) is 0.290. The van der Waals surface area contributed by atoms with Crippen LogP contribution in [0.4, 0.5) is 0 Å². The molecule has 142 valence electrons. The lowest BCUT2D eigenvalue weighted by atomic mass is 10.3. The number of rotatable bonds is 13. The first kappa shape index (κ1) is 24.1. The summed E-state index contributed by atoms with van der Waals surface area (Å²) in [6.07, 6.45) is 48.2. The van der Waals surface area contributed by atoms with Gasteiger partial charge in [-0.15, -0.1) is 0 Å². The Hall–Kier alpha value is -2.86. The molecule has 0 saturated carbocycles. The molecule has 0 saturated heterocycles. The summed E-state index contributed by atoms with van der Waals surface area (Å²) in [5.74, 6) is 0. The zero-order valence-electron chi connectivity index (χ0n) is 16.8. The lowest BCUT2D eigenvalue weighted by molar-refractivity contribution is 1.22. The Kier molecular flexibility index (Phi) is 20.7. The molecule has 0 fully saturated rings. The van der Waals surface area contributed by atoms with Gasteiger partial charge in [-0.1, -0.05) is 148 Å². The second kappa shape index (κ2) is 23.1. The average molecular weight is 359 g/mol. The van der Waals surface area contributed by atoms with Gasteiger partial charge in [0.25, 0.3) is 0 Å². The molecule has 0 rings (SSSR count). The molecule has 0 unspecified atom stereocenters. The van der Waals surface area contributed by atoms with Crippen LogP contribution in [-0.2, 0) is 0 Å². The molecule has 0 aliphatic carbocycles. The molecule has 0 spiro atoms. The minimum absolute atomic E-state index is 0.960. The summed E-state index contributed by atoms with van der Waals surface area (Å²) in [5, 5.41) is 0. The Bertz CT molecular complexity index is 636. The van der Waals surface area contributed by atoms with Crippen molar-refractivity contribution in [1.82, 2.24) is 0 Å². The summed E-state index contributed by atoms with van der Waals surface area (Å²) in [7, 11) is 0. The van der Waals surface area contributed by atoms with Gasteiger partial charge in [-0.25, -0.2) is 0 Å². The van der Waals surface area contributed by atoms with Gasteiger partial charge in [0.1, 0.15) is 0 Å². The van der Waals surface area contributed by atoms with E-state index >= 15 is 0 Å². The molecular formula is C27H34. The van der Waals surface area contributed by atoms with E-state index in [-0.39, 0.29) is 0 Å². The van der Waals surface area contributed by atoms with Crippen molar-refractivity contribution in [3.8, 4) is 0 Å². The third-order valence-corrected chi connectivity index (χ3v) is 3.07. The average Bonchev–Trinajstić information content (AvgIpc) is 2.68. The first-order valence-electron chi connectivity index (χ1n) is 9.71. The largest absolute Gasteiger partial charge is 0.0848 e. The summed E-state index contributed by atoms with van der Waals surface area (Å²) >= 11 is 0. The molecule has 0 aliphatic heterocycles. The molecule has 0 aromatic carbocycles. The molecule has 0 N–H and O–H groups in total. The van der Waals surface area contributed by atoms with Gasteiger partial charge in [0.15, 0.2) is 0 Å². The molecule has 0 aromatic heterocycles. The molecule has 0 nitrogen and oxygen atoms in total. The third kappa shape index (κ3) is 23.1. The maximum atomic E-state index is 2.15. The second-order valence-electron chi connectivity index (χ2n) is 5.46. The van der Waals surface area contributed by atoms with Gasteiger partial charge in [0.05, 0.1) is 0 Å². The maximum absolute atomic E-state index is 2.15. The molecule has 0 heterocycles. The summed E-state index contributed by atoms with van der Waals surface area (Å²) in [6.45, 7) is 4.26. The van der Waals surface area contributed by atoms with Crippen molar-refractivity contribution < 1.29 is 0 Å². The number of hydrogen-bond donors (Lipinski definition) is 0. The summed E-state index contributed by atoms with van der Waals surface area (Å²) in [6, 6.07) is 0. The maximum Gasteiger partial charge on any atom is -0.0163 e. The first-order valence-corrected chi connectivity index (χ1v) is 9.71. The highest BCUT2D eigenvalue weighted by atomic mass is 13.8. The molecule has 0 heteroatoms. The van der Waals surface area contributed by atoms with E-state index in [4.69, 9.17) is 0 Å². The van der Waals surface area contributed by atoms with Crippen molar-refractivity contribution in [1.29, 1.82) is 0 Å². The minimum atomic E-state index is 0.960. The smallest absolute Gasteiger partial charge is 0.0163 e. The van der Waals surface area contributed by atoms with E-state index in [1.54, 1.807) is 0 Å². The molecule has 0 radical (unpaired) electrons. The Labute approximate surface area is 167 Å². The van der Waals surface area contributed by atoms with Crippen LogP contribution in [0.5, 0.6) is 0 Å². The summed E-state index contributed by atoms with van der Waals surface area (Å²) in [5.41, 5.74) is 0. The van der Waals surface area contributed by atoms with Crippen LogP contribution in [0.2, 0.25) is 0 Å². The predicted molar refractivity (Wildman–Crippen MR) is 126 cm³/mol. The van der Waals surface area contributed by atoms with Crippen molar-refractivity contribution in [3.63, 3.8) is 0 Å². The van der Waals surface area contributed by atoms with Crippen molar-refractivity contribution in [2.24, 2.45) is 0 Å². The molecule has 0 aliphatic rings. The molecule has 0 aromatic rings. The van der Waals surface area contributed by atoms with Gasteiger partial charge in [-0.05, 0) is 19.3 Å². The first-order chi connectivity index (χ1) is 13.4. The van der Waals surface area contributed by atoms with E-state index in [2.05, 4.69) is 62.5 Å². The molecule has 0 atom stereocenters. The van der Waals surface area contributed by atoms with Crippen LogP contribution < -0.4 is 0 Å². The Morgan fingerprint density at radius 1 is 0.296 bits per heavy atom. The highest BCUT2D eigenvalue weighted by molar-refractivity contribution is 5.22. The van der Waals surface area contributed by atoms with Gasteiger partial charge in [-0.3, -0.25) is 0 Å². The zero-order valence-corrected chi connectivity index (χ0v) is 16.8. The Morgan fingerprint density at radius 2 is 0.519 bits per heavy atom. The molecule has 0 bridgehead atoms. The van der Waals surface area contributed by atoms with Crippen LogP contribution in [0.1, 0.15) is 33.1 Å². The minimum Gasteiger partial charge on any atom is -0.0848 e. The summed E-state index contributed by atoms with van der Waals surface area (Å²) < 4.78 is 0. The highest BCUT2D eigenvalue weighted by Gasteiger charge is 1.69. The van der Waals surface area contributed by atoms with Gasteiger partial charge < -0.3 is 0 Å². The van der Waals surface area contributed by atoms with Gasteiger partial charge in [0.2, 0.25) is 0 Å². The Balaban J connectivity index is 3.86. The van der Waals surface area contributed by atoms with E-state index in [1.165, 1.54) is 0 Å². The van der Waals surface area contributed by atoms with Crippen LogP contribution in [0.15, 0.2) is 134 Å². The third-order valence-electron chi connectivity index (χ3n) is 3.07. The normalized spacial score (nSPS) is 14.6. The van der Waals surface area contributed by atoms with Gasteiger partial charge >= 0.3 is 0 Å². The lowest BCUT2D eigenvalue weighted by Crippen LogP contribution is -1.58. The molecular weight excluding hydrogens is 324 g/mol. The van der Waals surface area contributed by atoms with E-state index in [9.17, 15) is 0 Å². The highest BCUT2D eigenvalue weighted by Crippen LogP contribution is 1.90. The van der Waals surface area contributed by atoms with E-state index < -0.39 is 0 Å². The second-order valence-corrected chi connectivity index (χ2v) is 5.46. The fraction of sp³-hybridized carbons (Fsp3) is 0.185. The van der Waals surface area contributed by atoms with Crippen LogP contribution in [-0.4, -0.2) is 0 Å². The van der Waals surface area contributed by atoms with Crippen LogP contribution in [0, 0.1) is 0 Å². The lowest BCUT2D eigenvalue weighted by Gasteiger charge is -1.79. The fourth-order valence-electron chi connectivity index (χ4n) is 1.72. The number of hydrogen-bond acceptors (Lipinski definition) is 0. The molecule has 0 amide bonds. The fourth-order valence-corrected chi connectivity index (χ4v) is 1.72. The zero-order chi connectivity index (χ0) is 19.7. The van der Waals surface area contributed by atoms with Crippen molar-refractivity contribution >= 4 is 0 Å². The number of allylic oxidation sites excluding steroid dienone is 22. The van der Waals surface area contributed by atoms with Crippen molar-refractivity contribution in [3.05, 3.63) is 134 Å². The van der Waals surface area contributed by atoms with E-state index in [0.717, 1.165) is 19.3 Å². The van der Waals surface area contributed by atoms with Crippen LogP contribution >= 0.6 is 0 Å². The molecule has 27 heavy (non-hydrogen) atoms. The Morgan fingerprint density at radius 3 is 0.852 bits per heavy atom. The van der Waals surface area contributed by atoms with E-state index in [0.29, 0.717) is 0 Å². The monoisotopic (exact) mass is 358 g/mol. The van der Waals surface area contributed by atoms with Crippen LogP contribution in [0.25, 0.3) is 0 Å². The predicted octanol–water partition coefficient (Wildman–Crippen LogP) is 8.31. The van der Waals surface area contributed by atoms with Crippen molar-refractivity contribution in [2.45, 2.75) is 33.1 Å². The topological polar surface area (TPSA) is 0 Å². The SMILES string of the molecule is CCC=CC=CC=CC=CC=CC=CC=CC=CC=CCC=CC=CCC. The van der Waals surface area contributed by atoms with Crippen LogP contribution in [0.3, 0.4) is 0 Å². The summed E-state index contributed by atoms with van der Waals surface area (Å²) in [4.78, 5) is 0. The van der Waals surface area contributed by atoms with Gasteiger partial charge in [-0.2, -0.15) is 0 Å². The van der Waals surface area contributed by atoms with Crippen molar-refractivity contribution in [2.75, 3.05) is 0 Å².